The van der Waals surface area contributed by atoms with Crippen molar-refractivity contribution in [1.82, 2.24) is 39.3 Å². The first kappa shape index (κ1) is 23.1. The van der Waals surface area contributed by atoms with E-state index in [1.54, 1.807) is 7.05 Å². The molecule has 5 aromatic rings. The molecule has 3 aromatic heterocycles. The average Bonchev–Trinajstić information content (AvgIpc) is 3.40. The summed E-state index contributed by atoms with van der Waals surface area (Å²) < 4.78 is 4.88. The topological polar surface area (TPSA) is 116 Å². The van der Waals surface area contributed by atoms with Crippen molar-refractivity contribution in [2.24, 2.45) is 13.0 Å². The zero-order valence-corrected chi connectivity index (χ0v) is 21.0. The van der Waals surface area contributed by atoms with Gasteiger partial charge in [-0.2, -0.15) is 5.21 Å². The summed E-state index contributed by atoms with van der Waals surface area (Å²) in [6, 6.07) is 16.2. The Bertz CT molecular complexity index is 1700. The van der Waals surface area contributed by atoms with Crippen LogP contribution in [0.4, 0.5) is 0 Å². The highest BCUT2D eigenvalue weighted by Gasteiger charge is 2.27. The molecule has 1 aliphatic carbocycles. The third kappa shape index (κ3) is 4.08. The first-order valence-corrected chi connectivity index (χ1v) is 12.5. The largest absolute Gasteiger partial charge is 0.332 e. The van der Waals surface area contributed by atoms with Crippen LogP contribution in [0.1, 0.15) is 44.0 Å². The highest BCUT2D eigenvalue weighted by molar-refractivity contribution is 5.80. The number of rotatable bonds is 7. The molecule has 0 radical (unpaired) electrons. The molecule has 37 heavy (non-hydrogen) atoms. The van der Waals surface area contributed by atoms with Gasteiger partial charge >= 0.3 is 5.69 Å². The highest BCUT2D eigenvalue weighted by Crippen LogP contribution is 2.31. The van der Waals surface area contributed by atoms with E-state index < -0.39 is 0 Å². The Hall–Kier alpha value is -4.34. The van der Waals surface area contributed by atoms with Gasteiger partial charge in [0.05, 0.1) is 0 Å². The fourth-order valence-corrected chi connectivity index (χ4v) is 4.89. The van der Waals surface area contributed by atoms with Crippen LogP contribution >= 0.6 is 0 Å². The molecule has 6 rings (SSSR count). The lowest BCUT2D eigenvalue weighted by Gasteiger charge is -2.13. The Morgan fingerprint density at radius 1 is 1.00 bits per heavy atom. The number of tetrazole rings is 1. The van der Waals surface area contributed by atoms with E-state index in [0.717, 1.165) is 40.9 Å². The van der Waals surface area contributed by atoms with E-state index in [1.165, 1.54) is 9.13 Å². The number of aromatic nitrogens is 8. The van der Waals surface area contributed by atoms with Gasteiger partial charge < -0.3 is 4.57 Å². The first-order valence-electron chi connectivity index (χ1n) is 12.5. The van der Waals surface area contributed by atoms with Crippen LogP contribution in [-0.2, 0) is 20.1 Å². The van der Waals surface area contributed by atoms with Crippen molar-refractivity contribution in [3.05, 3.63) is 80.8 Å². The Morgan fingerprint density at radius 2 is 1.73 bits per heavy atom. The van der Waals surface area contributed by atoms with Gasteiger partial charge in [-0.05, 0) is 40.7 Å². The van der Waals surface area contributed by atoms with Crippen LogP contribution in [-0.4, -0.2) is 39.3 Å². The summed E-state index contributed by atoms with van der Waals surface area (Å²) in [5.74, 6) is 1.82. The van der Waals surface area contributed by atoms with Crippen LogP contribution in [0.15, 0.2) is 58.1 Å². The number of aromatic amines is 1. The van der Waals surface area contributed by atoms with Crippen molar-refractivity contribution in [2.45, 2.75) is 45.7 Å². The van der Waals surface area contributed by atoms with Crippen molar-refractivity contribution in [1.29, 1.82) is 0 Å². The molecule has 1 saturated carbocycles. The fourth-order valence-electron chi connectivity index (χ4n) is 4.89. The molecular formula is C27H28N8O2. The maximum absolute atomic E-state index is 13.6. The summed E-state index contributed by atoms with van der Waals surface area (Å²) in [7, 11) is 1.70. The minimum atomic E-state index is -0.297. The predicted octanol–water partition coefficient (Wildman–Crippen LogP) is 3.33. The van der Waals surface area contributed by atoms with Crippen LogP contribution in [0, 0.1) is 5.92 Å². The number of nitrogens with one attached hydrogen (secondary N) is 1. The monoisotopic (exact) mass is 496 g/mol. The molecule has 188 valence electrons. The van der Waals surface area contributed by atoms with E-state index in [-0.39, 0.29) is 17.2 Å². The van der Waals surface area contributed by atoms with Gasteiger partial charge in [0.25, 0.3) is 5.56 Å². The van der Waals surface area contributed by atoms with Crippen molar-refractivity contribution in [2.75, 3.05) is 0 Å². The van der Waals surface area contributed by atoms with Gasteiger partial charge in [0.1, 0.15) is 5.82 Å². The Kier molecular flexibility index (Phi) is 5.58. The Labute approximate surface area is 212 Å². The van der Waals surface area contributed by atoms with Gasteiger partial charge in [0.15, 0.2) is 11.2 Å². The molecule has 0 unspecified atom stereocenters. The van der Waals surface area contributed by atoms with Gasteiger partial charge in [-0.3, -0.25) is 13.9 Å². The van der Waals surface area contributed by atoms with E-state index in [0.29, 0.717) is 36.0 Å². The molecule has 0 saturated heterocycles. The van der Waals surface area contributed by atoms with Gasteiger partial charge in [-0.1, -0.05) is 62.4 Å². The molecule has 0 spiro atoms. The van der Waals surface area contributed by atoms with Gasteiger partial charge in [0.2, 0.25) is 5.82 Å². The molecule has 10 heteroatoms. The van der Waals surface area contributed by atoms with Crippen molar-refractivity contribution < 1.29 is 0 Å². The number of hydrogen-bond acceptors (Lipinski definition) is 6. The van der Waals surface area contributed by atoms with Crippen molar-refractivity contribution >= 4 is 11.2 Å². The SMILES string of the molecule is CC(C)c1nc2c(c(=O)n(CC3CC3)c(=O)n2C)n1Cc1ccc(-c2ccccc2-c2nn[nH]n2)cc1. The smallest absolute Gasteiger partial charge is 0.317 e. The molecule has 0 atom stereocenters. The molecule has 0 amide bonds. The number of imidazole rings is 1. The first-order chi connectivity index (χ1) is 17.9. The van der Waals surface area contributed by atoms with Crippen LogP contribution in [0.25, 0.3) is 33.7 Å². The number of hydrogen-bond donors (Lipinski definition) is 1. The average molecular weight is 497 g/mol. The summed E-state index contributed by atoms with van der Waals surface area (Å²) in [6.45, 7) is 5.05. The minimum Gasteiger partial charge on any atom is -0.317 e. The lowest BCUT2D eigenvalue weighted by atomic mass is 9.98. The number of benzene rings is 2. The molecule has 3 heterocycles. The van der Waals surface area contributed by atoms with Crippen LogP contribution in [0.3, 0.4) is 0 Å². The summed E-state index contributed by atoms with van der Waals surface area (Å²) >= 11 is 0. The van der Waals surface area contributed by atoms with E-state index in [9.17, 15) is 9.59 Å². The summed E-state index contributed by atoms with van der Waals surface area (Å²) in [6.07, 6.45) is 2.12. The van der Waals surface area contributed by atoms with E-state index in [1.807, 2.05) is 28.8 Å². The fraction of sp³-hybridized carbons (Fsp3) is 0.333. The molecule has 0 bridgehead atoms. The molecule has 2 aromatic carbocycles. The Balaban J connectivity index is 1.41. The van der Waals surface area contributed by atoms with E-state index in [2.05, 4.69) is 58.7 Å². The molecule has 10 nitrogen and oxygen atoms in total. The summed E-state index contributed by atoms with van der Waals surface area (Å²) in [5, 5.41) is 14.5. The van der Waals surface area contributed by atoms with E-state index in [4.69, 9.17) is 4.98 Å². The third-order valence-electron chi connectivity index (χ3n) is 7.04. The molecule has 1 aliphatic rings. The standard InChI is InChI=1S/C27H28N8O2/c1-16(2)24-28-25-22(26(36)35(15-17-8-9-17)27(37)33(25)3)34(24)14-18-10-12-19(13-11-18)20-6-4-5-7-21(20)23-29-31-32-30-23/h4-7,10-13,16-17H,8-9,14-15H2,1-3H3,(H,29,30,31,32). The van der Waals surface area contributed by atoms with Gasteiger partial charge in [-0.15, -0.1) is 10.2 Å². The number of nitrogens with zero attached hydrogens (tertiary/aromatic N) is 7. The second kappa shape index (κ2) is 8.95. The Morgan fingerprint density at radius 3 is 2.38 bits per heavy atom. The van der Waals surface area contributed by atoms with Crippen LogP contribution < -0.4 is 11.2 Å². The molecule has 1 fully saturated rings. The quantitative estimate of drug-likeness (QED) is 0.369. The molecule has 0 aliphatic heterocycles. The minimum absolute atomic E-state index is 0.0832. The van der Waals surface area contributed by atoms with Crippen LogP contribution in [0.5, 0.6) is 0 Å². The normalized spacial score (nSPS) is 13.6. The van der Waals surface area contributed by atoms with Gasteiger partial charge in [0, 0.05) is 31.6 Å². The predicted molar refractivity (Wildman–Crippen MR) is 140 cm³/mol. The van der Waals surface area contributed by atoms with Gasteiger partial charge in [-0.25, -0.2) is 9.78 Å². The second-order valence-corrected chi connectivity index (χ2v) is 10.1. The maximum atomic E-state index is 13.6. The maximum Gasteiger partial charge on any atom is 0.332 e. The lowest BCUT2D eigenvalue weighted by Crippen LogP contribution is -2.40. The highest BCUT2D eigenvalue weighted by atomic mass is 16.2. The summed E-state index contributed by atoms with van der Waals surface area (Å²) in [4.78, 5) is 31.3. The van der Waals surface area contributed by atoms with Crippen LogP contribution in [0.2, 0.25) is 0 Å². The zero-order chi connectivity index (χ0) is 25.7. The van der Waals surface area contributed by atoms with Crippen molar-refractivity contribution in [3.63, 3.8) is 0 Å². The van der Waals surface area contributed by atoms with E-state index >= 15 is 0 Å². The zero-order valence-electron chi connectivity index (χ0n) is 21.0. The lowest BCUT2D eigenvalue weighted by molar-refractivity contribution is 0.557. The van der Waals surface area contributed by atoms with Crippen molar-refractivity contribution in [3.8, 4) is 22.5 Å². The third-order valence-corrected chi connectivity index (χ3v) is 7.04. The number of H-pyrrole nitrogens is 1. The second-order valence-electron chi connectivity index (χ2n) is 10.1. The molecular weight excluding hydrogens is 468 g/mol. The summed E-state index contributed by atoms with van der Waals surface area (Å²) in [5.41, 5.74) is 4.33. The molecule has 1 N–H and O–H groups in total. The number of fused-ring (bicyclic) bond motifs is 1. The number of aryl methyl sites for hydroxylation is 1.